The first-order valence-corrected chi connectivity index (χ1v) is 21.8. The molecule has 2 rings (SSSR count). The molecule has 8 nitrogen and oxygen atoms in total. The van der Waals surface area contributed by atoms with E-state index in [0.29, 0.717) is 36.5 Å². The third-order valence-electron chi connectivity index (χ3n) is 10.7. The first-order chi connectivity index (χ1) is 24.4. The minimum atomic E-state index is -0.896. The Morgan fingerprint density at radius 2 is 1.08 bits per heavy atom. The molecule has 0 radical (unpaired) electrons. The van der Waals surface area contributed by atoms with E-state index < -0.39 is 23.3 Å². The number of esters is 3. The number of ketones is 2. The predicted octanol–water partition coefficient (Wildman–Crippen LogP) is 8.75. The van der Waals surface area contributed by atoms with Crippen LogP contribution in [0.4, 0.5) is 0 Å². The fourth-order valence-corrected chi connectivity index (χ4v) is 9.72. The number of carbonyl (C=O) groups is 5. The van der Waals surface area contributed by atoms with Gasteiger partial charge in [0.2, 0.25) is 0 Å². The van der Waals surface area contributed by atoms with Crippen LogP contribution in [-0.2, 0) is 38.2 Å². The third-order valence-corrected chi connectivity index (χ3v) is 13.2. The molecule has 7 atom stereocenters. The molecule has 0 spiro atoms. The van der Waals surface area contributed by atoms with Crippen LogP contribution in [0.3, 0.4) is 0 Å². The molecule has 0 aliphatic heterocycles. The highest BCUT2D eigenvalue weighted by molar-refractivity contribution is 8.00. The number of ether oxygens (including phenoxy) is 3. The number of rotatable bonds is 23. The Morgan fingerprint density at radius 3 is 1.40 bits per heavy atom. The van der Waals surface area contributed by atoms with E-state index in [1.165, 1.54) is 0 Å². The van der Waals surface area contributed by atoms with E-state index in [9.17, 15) is 24.0 Å². The van der Waals surface area contributed by atoms with Gasteiger partial charge < -0.3 is 14.2 Å². The molecule has 0 heterocycles. The molecule has 0 saturated carbocycles. The number of hydrogen-bond acceptors (Lipinski definition) is 11. The molecule has 0 aromatic carbocycles. The van der Waals surface area contributed by atoms with E-state index in [-0.39, 0.29) is 95.7 Å². The lowest BCUT2D eigenvalue weighted by Gasteiger charge is -2.39. The summed E-state index contributed by atoms with van der Waals surface area (Å²) in [6.07, 6.45) is 12.3. The lowest BCUT2D eigenvalue weighted by Crippen LogP contribution is -2.39. The van der Waals surface area contributed by atoms with Crippen molar-refractivity contribution in [3.63, 3.8) is 0 Å². The predicted molar refractivity (Wildman–Crippen MR) is 217 cm³/mol. The quantitative estimate of drug-likeness (QED) is 0.0467. The highest BCUT2D eigenvalue weighted by Gasteiger charge is 2.41. The van der Waals surface area contributed by atoms with Gasteiger partial charge in [-0.3, -0.25) is 24.0 Å². The molecule has 0 bridgehead atoms. The zero-order valence-electron chi connectivity index (χ0n) is 33.2. The SMILES string of the molecule is CCC(COC(=O)CCS)(COC(=O)CCSC(C)CC(=O)C1C(C)C=CCC1(C)C)COC(=O)CCS[C@@H](C)CC(=O)[C@@H]1C(C)C=CCC1(C)C. The van der Waals surface area contributed by atoms with Crippen molar-refractivity contribution >= 4 is 65.6 Å². The van der Waals surface area contributed by atoms with Gasteiger partial charge in [0.15, 0.2) is 0 Å². The van der Waals surface area contributed by atoms with E-state index in [4.69, 9.17) is 14.2 Å². The van der Waals surface area contributed by atoms with Gasteiger partial charge in [0, 0.05) is 52.4 Å². The first kappa shape index (κ1) is 46.4. The molecular weight excluding hydrogens is 717 g/mol. The highest BCUT2D eigenvalue weighted by atomic mass is 32.2. The molecule has 0 saturated heterocycles. The molecule has 5 unspecified atom stereocenters. The van der Waals surface area contributed by atoms with Gasteiger partial charge >= 0.3 is 17.9 Å². The fourth-order valence-electron chi connectivity index (χ4n) is 7.60. The summed E-state index contributed by atoms with van der Waals surface area (Å²) in [7, 11) is 0. The summed E-state index contributed by atoms with van der Waals surface area (Å²) < 4.78 is 16.9. The van der Waals surface area contributed by atoms with Crippen molar-refractivity contribution in [2.45, 2.75) is 124 Å². The van der Waals surface area contributed by atoms with E-state index in [2.05, 4.69) is 78.5 Å². The van der Waals surface area contributed by atoms with Crippen molar-refractivity contribution in [2.24, 2.45) is 39.9 Å². The molecule has 2 aliphatic carbocycles. The summed E-state index contributed by atoms with van der Waals surface area (Å²) in [6, 6.07) is 0. The van der Waals surface area contributed by atoms with E-state index in [1.807, 2.05) is 20.8 Å². The van der Waals surface area contributed by atoms with Crippen LogP contribution in [0.25, 0.3) is 0 Å². The minimum absolute atomic E-state index is 0.0116. The van der Waals surface area contributed by atoms with E-state index in [0.717, 1.165) is 12.8 Å². The number of Topliss-reactive ketones (excluding diaryl/α,β-unsaturated/α-hetero) is 2. The molecule has 11 heteroatoms. The molecule has 2 aliphatic rings. The lowest BCUT2D eigenvalue weighted by molar-refractivity contribution is -0.161. The van der Waals surface area contributed by atoms with Crippen molar-refractivity contribution < 1.29 is 38.2 Å². The number of allylic oxidation sites excluding steroid dienone is 4. The molecule has 0 fully saturated rings. The summed E-state index contributed by atoms with van der Waals surface area (Å²) in [6.45, 7) is 18.6. The molecule has 0 aromatic rings. The van der Waals surface area contributed by atoms with Crippen LogP contribution in [-0.4, -0.2) is 77.1 Å². The number of hydrogen-bond donors (Lipinski definition) is 1. The lowest BCUT2D eigenvalue weighted by atomic mass is 9.65. The van der Waals surface area contributed by atoms with Gasteiger partial charge in [0.1, 0.15) is 31.4 Å². The first-order valence-electron chi connectivity index (χ1n) is 19.1. The molecule has 0 amide bonds. The fraction of sp³-hybridized carbons (Fsp3) is 0.780. The van der Waals surface area contributed by atoms with Gasteiger partial charge in [-0.25, -0.2) is 0 Å². The second kappa shape index (κ2) is 22.0. The maximum Gasteiger partial charge on any atom is 0.306 e. The largest absolute Gasteiger partial charge is 0.465 e. The summed E-state index contributed by atoms with van der Waals surface area (Å²) in [5.74, 6) is 1.09. The summed E-state index contributed by atoms with van der Waals surface area (Å²) in [5.41, 5.74) is -1.03. The third kappa shape index (κ3) is 15.2. The summed E-state index contributed by atoms with van der Waals surface area (Å²) in [4.78, 5) is 64.3. The Kier molecular flexibility index (Phi) is 19.6. The Bertz CT molecular complexity index is 1180. The van der Waals surface area contributed by atoms with Crippen molar-refractivity contribution in [2.75, 3.05) is 37.1 Å². The molecule has 0 N–H and O–H groups in total. The van der Waals surface area contributed by atoms with Crippen LogP contribution in [0, 0.1) is 39.9 Å². The zero-order valence-corrected chi connectivity index (χ0v) is 35.7. The van der Waals surface area contributed by atoms with Crippen molar-refractivity contribution in [3.05, 3.63) is 24.3 Å². The van der Waals surface area contributed by atoms with E-state index >= 15 is 0 Å². The number of thiol groups is 1. The van der Waals surface area contributed by atoms with Crippen molar-refractivity contribution in [1.82, 2.24) is 0 Å². The molecular formula is C41H66O8S3. The van der Waals surface area contributed by atoms with Crippen LogP contribution in [0.2, 0.25) is 0 Å². The zero-order chi connectivity index (χ0) is 39.1. The standard InChI is InChI=1S/C41H66O8S3/c1-10-41(25-47-34(44)15-20-50,26-48-35(45)16-21-51-30(4)23-32(42)37-28(2)13-11-18-39(37,6)7)27-49-36(46)17-22-52-31(5)24-33(43)38-29(3)14-12-19-40(38,8)9/h11-14,28-31,37-38,50H,10,15-27H2,1-9H3/t28?,29?,30-,31?,37-,38?,41?/m0/s1. The second-order valence-corrected chi connectivity index (χ2v) is 20.0. The van der Waals surface area contributed by atoms with Crippen LogP contribution >= 0.6 is 36.2 Å². The molecule has 0 aromatic heterocycles. The second-order valence-electron chi connectivity index (χ2n) is 16.4. The van der Waals surface area contributed by atoms with Gasteiger partial charge in [0.25, 0.3) is 0 Å². The Morgan fingerprint density at radius 1 is 0.712 bits per heavy atom. The molecule has 52 heavy (non-hydrogen) atoms. The van der Waals surface area contributed by atoms with Gasteiger partial charge in [-0.1, -0.05) is 86.6 Å². The normalized spacial score (nSPS) is 24.3. The maximum absolute atomic E-state index is 13.2. The minimum Gasteiger partial charge on any atom is -0.465 e. The van der Waals surface area contributed by atoms with Gasteiger partial charge in [-0.2, -0.15) is 36.2 Å². The van der Waals surface area contributed by atoms with E-state index in [1.54, 1.807) is 23.5 Å². The maximum atomic E-state index is 13.2. The van der Waals surface area contributed by atoms with Crippen molar-refractivity contribution in [3.8, 4) is 0 Å². The topological polar surface area (TPSA) is 113 Å². The van der Waals surface area contributed by atoms with Crippen LogP contribution in [0.15, 0.2) is 24.3 Å². The Hall–Kier alpha value is -1.72. The number of carbonyl (C=O) groups excluding carboxylic acids is 5. The smallest absolute Gasteiger partial charge is 0.306 e. The Balaban J connectivity index is 1.85. The monoisotopic (exact) mass is 782 g/mol. The van der Waals surface area contributed by atoms with Gasteiger partial charge in [-0.15, -0.1) is 0 Å². The summed E-state index contributed by atoms with van der Waals surface area (Å²) in [5, 5.41) is 0.141. The van der Waals surface area contributed by atoms with Crippen LogP contribution in [0.5, 0.6) is 0 Å². The van der Waals surface area contributed by atoms with Crippen molar-refractivity contribution in [1.29, 1.82) is 0 Å². The van der Waals surface area contributed by atoms with Crippen LogP contribution in [0.1, 0.15) is 114 Å². The van der Waals surface area contributed by atoms with Gasteiger partial charge in [-0.05, 0) is 41.9 Å². The summed E-state index contributed by atoms with van der Waals surface area (Å²) >= 11 is 7.27. The Labute approximate surface area is 327 Å². The van der Waals surface area contributed by atoms with Gasteiger partial charge in [0.05, 0.1) is 24.7 Å². The number of thioether (sulfide) groups is 2. The highest BCUT2D eigenvalue weighted by Crippen LogP contribution is 2.43. The average molecular weight is 783 g/mol. The van der Waals surface area contributed by atoms with Crippen LogP contribution < -0.4 is 0 Å². The molecule has 296 valence electrons. The average Bonchev–Trinajstić information content (AvgIpc) is 3.03.